The van der Waals surface area contributed by atoms with Gasteiger partial charge in [0.2, 0.25) is 5.91 Å². The summed E-state index contributed by atoms with van der Waals surface area (Å²) in [5.74, 6) is 0.587. The minimum Gasteiger partial charge on any atom is -0.342 e. The lowest BCUT2D eigenvalue weighted by molar-refractivity contribution is -0.127. The van der Waals surface area contributed by atoms with Gasteiger partial charge in [-0.15, -0.1) is 6.58 Å². The van der Waals surface area contributed by atoms with Crippen LogP contribution in [0.25, 0.3) is 0 Å². The van der Waals surface area contributed by atoms with Crippen LogP contribution in [0.3, 0.4) is 0 Å². The van der Waals surface area contributed by atoms with Gasteiger partial charge in [0.25, 0.3) is 0 Å². The number of amides is 1. The van der Waals surface area contributed by atoms with Crippen LogP contribution >= 0.6 is 0 Å². The molecule has 0 radical (unpaired) electrons. The summed E-state index contributed by atoms with van der Waals surface area (Å²) in [5, 5.41) is 0. The van der Waals surface area contributed by atoms with Gasteiger partial charge in [0.1, 0.15) is 0 Å². The van der Waals surface area contributed by atoms with E-state index in [1.807, 2.05) is 23.1 Å². The average molecular weight is 216 g/mol. The Morgan fingerprint density at radius 2 is 2.25 bits per heavy atom. The summed E-state index contributed by atoms with van der Waals surface area (Å²) in [4.78, 5) is 17.5. The second-order valence-corrected chi connectivity index (χ2v) is 4.15. The van der Waals surface area contributed by atoms with Crippen LogP contribution in [0, 0.1) is 5.92 Å². The van der Waals surface area contributed by atoms with Crippen LogP contribution in [0.4, 0.5) is 0 Å². The summed E-state index contributed by atoms with van der Waals surface area (Å²) >= 11 is 0. The van der Waals surface area contributed by atoms with E-state index in [1.54, 1.807) is 12.4 Å². The third kappa shape index (κ3) is 2.48. The van der Waals surface area contributed by atoms with Gasteiger partial charge in [-0.25, -0.2) is 0 Å². The van der Waals surface area contributed by atoms with Crippen molar-refractivity contribution in [3.05, 3.63) is 42.7 Å². The summed E-state index contributed by atoms with van der Waals surface area (Å²) < 4.78 is 0. The molecule has 3 nitrogen and oxygen atoms in total. The SMILES string of the molecule is C=CC1CC(=O)N(CCc2ccncc2)C1. The maximum atomic E-state index is 11.6. The van der Waals surface area contributed by atoms with Gasteiger partial charge in [0.05, 0.1) is 0 Å². The Morgan fingerprint density at radius 1 is 1.50 bits per heavy atom. The first-order valence-electron chi connectivity index (χ1n) is 5.59. The summed E-state index contributed by atoms with van der Waals surface area (Å²) in [6.45, 7) is 5.37. The van der Waals surface area contributed by atoms with Crippen LogP contribution in [0.1, 0.15) is 12.0 Å². The quantitative estimate of drug-likeness (QED) is 0.717. The minimum absolute atomic E-state index is 0.249. The molecule has 0 N–H and O–H groups in total. The van der Waals surface area contributed by atoms with Crippen molar-refractivity contribution in [3.8, 4) is 0 Å². The molecule has 1 saturated heterocycles. The lowest BCUT2D eigenvalue weighted by Crippen LogP contribution is -2.27. The molecule has 1 aromatic rings. The Morgan fingerprint density at radius 3 is 2.88 bits per heavy atom. The van der Waals surface area contributed by atoms with Gasteiger partial charge in [-0.2, -0.15) is 0 Å². The molecule has 16 heavy (non-hydrogen) atoms. The molecular formula is C13H16N2O. The molecule has 1 atom stereocenters. The molecule has 1 unspecified atom stereocenters. The summed E-state index contributed by atoms with van der Waals surface area (Å²) in [7, 11) is 0. The van der Waals surface area contributed by atoms with Crippen molar-refractivity contribution < 1.29 is 4.79 Å². The van der Waals surface area contributed by atoms with E-state index in [1.165, 1.54) is 5.56 Å². The fourth-order valence-electron chi connectivity index (χ4n) is 1.99. The highest BCUT2D eigenvalue weighted by atomic mass is 16.2. The molecule has 84 valence electrons. The molecule has 0 aliphatic carbocycles. The van der Waals surface area contributed by atoms with Gasteiger partial charge >= 0.3 is 0 Å². The van der Waals surface area contributed by atoms with Gasteiger partial charge in [-0.05, 0) is 24.1 Å². The molecule has 0 aromatic carbocycles. The van der Waals surface area contributed by atoms with Crippen LogP contribution in [0.2, 0.25) is 0 Å². The average Bonchev–Trinajstić information content (AvgIpc) is 2.69. The molecule has 1 aliphatic rings. The summed E-state index contributed by atoms with van der Waals surface area (Å²) in [6, 6.07) is 3.98. The highest BCUT2D eigenvalue weighted by Crippen LogP contribution is 2.18. The predicted molar refractivity (Wildman–Crippen MR) is 62.8 cm³/mol. The Balaban J connectivity index is 1.87. The molecule has 2 heterocycles. The van der Waals surface area contributed by atoms with Crippen molar-refractivity contribution >= 4 is 5.91 Å². The van der Waals surface area contributed by atoms with Crippen molar-refractivity contribution in [2.75, 3.05) is 13.1 Å². The maximum Gasteiger partial charge on any atom is 0.223 e. The molecule has 0 bridgehead atoms. The fraction of sp³-hybridized carbons (Fsp3) is 0.385. The highest BCUT2D eigenvalue weighted by Gasteiger charge is 2.26. The van der Waals surface area contributed by atoms with E-state index < -0.39 is 0 Å². The number of carbonyl (C=O) groups excluding carboxylic acids is 1. The second-order valence-electron chi connectivity index (χ2n) is 4.15. The Hall–Kier alpha value is -1.64. The van der Waals surface area contributed by atoms with E-state index in [4.69, 9.17) is 0 Å². The van der Waals surface area contributed by atoms with E-state index in [9.17, 15) is 4.79 Å². The molecule has 1 aliphatic heterocycles. The fourth-order valence-corrected chi connectivity index (χ4v) is 1.99. The smallest absolute Gasteiger partial charge is 0.223 e. The Labute approximate surface area is 95.8 Å². The molecule has 1 aromatic heterocycles. The summed E-state index contributed by atoms with van der Waals surface area (Å²) in [6.07, 6.45) is 6.98. The van der Waals surface area contributed by atoms with Crippen molar-refractivity contribution in [1.29, 1.82) is 0 Å². The van der Waals surface area contributed by atoms with Crippen LogP contribution < -0.4 is 0 Å². The molecule has 0 spiro atoms. The van der Waals surface area contributed by atoms with Gasteiger partial charge in [-0.3, -0.25) is 9.78 Å². The number of pyridine rings is 1. The van der Waals surface area contributed by atoms with E-state index in [0.717, 1.165) is 19.5 Å². The lowest BCUT2D eigenvalue weighted by atomic mass is 10.1. The van der Waals surface area contributed by atoms with Crippen LogP contribution in [-0.4, -0.2) is 28.9 Å². The Kier molecular flexibility index (Phi) is 3.34. The molecule has 2 rings (SSSR count). The molecular weight excluding hydrogens is 200 g/mol. The molecule has 3 heteroatoms. The zero-order valence-corrected chi connectivity index (χ0v) is 9.30. The first-order chi connectivity index (χ1) is 7.79. The lowest BCUT2D eigenvalue weighted by Gasteiger charge is -2.15. The van der Waals surface area contributed by atoms with E-state index in [-0.39, 0.29) is 5.91 Å². The predicted octanol–water partition coefficient (Wildman–Crippen LogP) is 1.66. The number of carbonyl (C=O) groups is 1. The highest BCUT2D eigenvalue weighted by molar-refractivity contribution is 5.78. The number of hydrogen-bond acceptors (Lipinski definition) is 2. The Bertz CT molecular complexity index is 375. The van der Waals surface area contributed by atoms with E-state index in [0.29, 0.717) is 12.3 Å². The van der Waals surface area contributed by atoms with Crippen molar-refractivity contribution in [1.82, 2.24) is 9.88 Å². The number of hydrogen-bond donors (Lipinski definition) is 0. The second kappa shape index (κ2) is 4.92. The molecule has 1 fully saturated rings. The first kappa shape index (κ1) is 10.9. The molecule has 0 saturated carbocycles. The summed E-state index contributed by atoms with van der Waals surface area (Å²) in [5.41, 5.74) is 1.23. The first-order valence-corrected chi connectivity index (χ1v) is 5.59. The van der Waals surface area contributed by atoms with Crippen LogP contribution in [-0.2, 0) is 11.2 Å². The van der Waals surface area contributed by atoms with Crippen LogP contribution in [0.5, 0.6) is 0 Å². The maximum absolute atomic E-state index is 11.6. The molecule has 1 amide bonds. The largest absolute Gasteiger partial charge is 0.342 e. The monoisotopic (exact) mass is 216 g/mol. The van der Waals surface area contributed by atoms with Gasteiger partial charge in [-0.1, -0.05) is 6.08 Å². The van der Waals surface area contributed by atoms with Gasteiger partial charge in [0.15, 0.2) is 0 Å². The number of nitrogens with zero attached hydrogens (tertiary/aromatic N) is 2. The van der Waals surface area contributed by atoms with Crippen molar-refractivity contribution in [2.45, 2.75) is 12.8 Å². The normalized spacial score (nSPS) is 20.1. The van der Waals surface area contributed by atoms with E-state index in [2.05, 4.69) is 11.6 Å². The van der Waals surface area contributed by atoms with Crippen molar-refractivity contribution in [3.63, 3.8) is 0 Å². The zero-order valence-electron chi connectivity index (χ0n) is 9.30. The number of likely N-dealkylation sites (tertiary alicyclic amines) is 1. The van der Waals surface area contributed by atoms with Gasteiger partial charge in [0, 0.05) is 37.8 Å². The van der Waals surface area contributed by atoms with E-state index >= 15 is 0 Å². The topological polar surface area (TPSA) is 33.2 Å². The van der Waals surface area contributed by atoms with Crippen LogP contribution in [0.15, 0.2) is 37.2 Å². The van der Waals surface area contributed by atoms with Crippen molar-refractivity contribution in [2.24, 2.45) is 5.92 Å². The zero-order chi connectivity index (χ0) is 11.4. The minimum atomic E-state index is 0.249. The standard InChI is InChI=1S/C13H16N2O/c1-2-11-9-13(16)15(10-11)8-5-12-3-6-14-7-4-12/h2-4,6-7,11H,1,5,8-10H2. The number of rotatable bonds is 4. The van der Waals surface area contributed by atoms with Gasteiger partial charge < -0.3 is 4.90 Å². The third-order valence-electron chi connectivity index (χ3n) is 3.00. The number of aromatic nitrogens is 1. The third-order valence-corrected chi connectivity index (χ3v) is 3.00.